The van der Waals surface area contributed by atoms with Gasteiger partial charge in [-0.25, -0.2) is 4.39 Å². The van der Waals surface area contributed by atoms with E-state index in [2.05, 4.69) is 14.7 Å². The van der Waals surface area contributed by atoms with Gasteiger partial charge in [-0.2, -0.15) is 18.2 Å². The van der Waals surface area contributed by atoms with Crippen molar-refractivity contribution < 1.29 is 26.9 Å². The van der Waals surface area contributed by atoms with Crippen LogP contribution < -0.4 is 0 Å². The van der Waals surface area contributed by atoms with Crippen LogP contribution in [0.3, 0.4) is 0 Å². The number of carbonyl (C=O) groups is 1. The Balaban J connectivity index is 1.65. The van der Waals surface area contributed by atoms with E-state index in [0.29, 0.717) is 10.8 Å². The molecule has 4 nitrogen and oxygen atoms in total. The monoisotopic (exact) mass is 430 g/mol. The molecule has 0 unspecified atom stereocenters. The van der Waals surface area contributed by atoms with Crippen molar-refractivity contribution in [3.63, 3.8) is 0 Å². The van der Waals surface area contributed by atoms with Crippen LogP contribution in [0.4, 0.5) is 17.6 Å². The van der Waals surface area contributed by atoms with E-state index in [1.165, 1.54) is 23.9 Å². The molecule has 0 aliphatic heterocycles. The lowest BCUT2D eigenvalue weighted by molar-refractivity contribution is -0.159. The fourth-order valence-electron chi connectivity index (χ4n) is 2.26. The maximum atomic E-state index is 14.3. The number of Topliss-reactive ketones (excluding diaryl/α,β-unsaturated/α-hetero) is 1. The molecule has 0 fully saturated rings. The van der Waals surface area contributed by atoms with Crippen LogP contribution in [0.25, 0.3) is 11.4 Å². The Hall–Kier alpha value is -2.39. The Labute approximate surface area is 165 Å². The summed E-state index contributed by atoms with van der Waals surface area (Å²) in [6.07, 6.45) is -4.79. The summed E-state index contributed by atoms with van der Waals surface area (Å²) in [5.74, 6) is -2.66. The second-order valence-electron chi connectivity index (χ2n) is 5.66. The van der Waals surface area contributed by atoms with E-state index in [1.807, 2.05) is 12.1 Å². The van der Waals surface area contributed by atoms with Gasteiger partial charge in [0.15, 0.2) is 5.78 Å². The Morgan fingerprint density at radius 3 is 2.46 bits per heavy atom. The number of halogens is 5. The average molecular weight is 431 g/mol. The standard InChI is InChI=1S/C18H11ClF4N2O2S/c19-12-4-1-10(2-5-12)8-28-9-15(26)13-6-3-11(7-14(13)20)16-24-17(27-25-16)18(21,22)23/h1-7H,8-9H2. The van der Waals surface area contributed by atoms with Crippen molar-refractivity contribution >= 4 is 29.1 Å². The summed E-state index contributed by atoms with van der Waals surface area (Å²) in [6, 6.07) is 10.5. The first-order valence-electron chi connectivity index (χ1n) is 7.80. The van der Waals surface area contributed by atoms with E-state index in [9.17, 15) is 22.4 Å². The third kappa shape index (κ3) is 4.90. The maximum Gasteiger partial charge on any atom is 0.471 e. The van der Waals surface area contributed by atoms with E-state index in [4.69, 9.17) is 11.6 Å². The molecule has 0 radical (unpaired) electrons. The normalized spacial score (nSPS) is 11.6. The summed E-state index contributed by atoms with van der Waals surface area (Å²) in [4.78, 5) is 15.4. The average Bonchev–Trinajstić information content (AvgIpc) is 3.14. The second-order valence-corrected chi connectivity index (χ2v) is 7.08. The van der Waals surface area contributed by atoms with Gasteiger partial charge < -0.3 is 4.52 Å². The van der Waals surface area contributed by atoms with Crippen molar-refractivity contribution in [3.8, 4) is 11.4 Å². The van der Waals surface area contributed by atoms with Crippen molar-refractivity contribution in [1.29, 1.82) is 0 Å². The summed E-state index contributed by atoms with van der Waals surface area (Å²) in [5, 5.41) is 3.79. The summed E-state index contributed by atoms with van der Waals surface area (Å²) in [7, 11) is 0. The van der Waals surface area contributed by atoms with Gasteiger partial charge in [-0.3, -0.25) is 4.79 Å². The van der Waals surface area contributed by atoms with Gasteiger partial charge in [0.25, 0.3) is 0 Å². The Morgan fingerprint density at radius 2 is 1.86 bits per heavy atom. The molecule has 3 aromatic rings. The minimum Gasteiger partial charge on any atom is -0.329 e. The zero-order chi connectivity index (χ0) is 20.3. The molecule has 0 bridgehead atoms. The highest BCUT2D eigenvalue weighted by Crippen LogP contribution is 2.30. The number of hydrogen-bond acceptors (Lipinski definition) is 5. The van der Waals surface area contributed by atoms with E-state index < -0.39 is 29.5 Å². The second kappa shape index (κ2) is 8.32. The molecule has 0 atom stereocenters. The SMILES string of the molecule is O=C(CSCc1ccc(Cl)cc1)c1ccc(-c2noc(C(F)(F)F)n2)cc1F. The molecule has 146 valence electrons. The predicted molar refractivity (Wildman–Crippen MR) is 96.6 cm³/mol. The minimum atomic E-state index is -4.79. The van der Waals surface area contributed by atoms with Crippen molar-refractivity contribution in [2.75, 3.05) is 5.75 Å². The number of ketones is 1. The quantitative estimate of drug-likeness (QED) is 0.373. The molecule has 0 spiro atoms. The molecule has 0 saturated carbocycles. The van der Waals surface area contributed by atoms with Crippen LogP contribution in [0.5, 0.6) is 0 Å². The molecule has 0 aliphatic carbocycles. The molecular weight excluding hydrogens is 420 g/mol. The number of aromatic nitrogens is 2. The van der Waals surface area contributed by atoms with E-state index in [0.717, 1.165) is 11.6 Å². The summed E-state index contributed by atoms with van der Waals surface area (Å²) >= 11 is 7.11. The molecule has 0 aliphatic rings. The van der Waals surface area contributed by atoms with Crippen LogP contribution in [-0.2, 0) is 11.9 Å². The van der Waals surface area contributed by atoms with Gasteiger partial charge in [-0.05, 0) is 29.8 Å². The molecule has 2 aromatic carbocycles. The minimum absolute atomic E-state index is 0.0258. The Morgan fingerprint density at radius 1 is 1.14 bits per heavy atom. The topological polar surface area (TPSA) is 56.0 Å². The van der Waals surface area contributed by atoms with Gasteiger partial charge in [-0.1, -0.05) is 35.0 Å². The molecule has 10 heteroatoms. The zero-order valence-electron chi connectivity index (χ0n) is 14.0. The zero-order valence-corrected chi connectivity index (χ0v) is 15.5. The molecular formula is C18H11ClF4N2O2S. The summed E-state index contributed by atoms with van der Waals surface area (Å²) in [6.45, 7) is 0. The lowest BCUT2D eigenvalue weighted by Gasteiger charge is -2.05. The van der Waals surface area contributed by atoms with Crippen molar-refractivity contribution in [2.24, 2.45) is 0 Å². The van der Waals surface area contributed by atoms with E-state index in [1.54, 1.807) is 12.1 Å². The van der Waals surface area contributed by atoms with Crippen LogP contribution >= 0.6 is 23.4 Å². The third-order valence-electron chi connectivity index (χ3n) is 3.61. The van der Waals surface area contributed by atoms with Crippen molar-refractivity contribution in [3.05, 3.63) is 70.3 Å². The first-order valence-corrected chi connectivity index (χ1v) is 9.33. The molecule has 1 aromatic heterocycles. The molecule has 3 rings (SSSR count). The smallest absolute Gasteiger partial charge is 0.329 e. The number of alkyl halides is 3. The number of thioether (sulfide) groups is 1. The highest BCUT2D eigenvalue weighted by Gasteiger charge is 2.38. The fraction of sp³-hybridized carbons (Fsp3) is 0.167. The van der Waals surface area contributed by atoms with Crippen LogP contribution in [0, 0.1) is 5.82 Å². The maximum absolute atomic E-state index is 14.3. The van der Waals surface area contributed by atoms with Crippen molar-refractivity contribution in [1.82, 2.24) is 10.1 Å². The van der Waals surface area contributed by atoms with Gasteiger partial charge >= 0.3 is 12.1 Å². The number of rotatable bonds is 6. The highest BCUT2D eigenvalue weighted by molar-refractivity contribution is 7.99. The first-order chi connectivity index (χ1) is 13.2. The van der Waals surface area contributed by atoms with Gasteiger partial charge in [0, 0.05) is 16.3 Å². The summed E-state index contributed by atoms with van der Waals surface area (Å²) in [5.41, 5.74) is 0.782. The van der Waals surface area contributed by atoms with Crippen LogP contribution in [0.15, 0.2) is 47.0 Å². The molecule has 0 N–H and O–H groups in total. The number of carbonyl (C=O) groups excluding carboxylic acids is 1. The number of benzene rings is 2. The lowest BCUT2D eigenvalue weighted by Crippen LogP contribution is -2.06. The fourth-order valence-corrected chi connectivity index (χ4v) is 3.25. The van der Waals surface area contributed by atoms with Crippen LogP contribution in [0.1, 0.15) is 21.8 Å². The Bertz CT molecular complexity index is 990. The predicted octanol–water partition coefficient (Wildman–Crippen LogP) is 5.66. The number of nitrogens with zero attached hydrogens (tertiary/aromatic N) is 2. The van der Waals surface area contributed by atoms with Gasteiger partial charge in [0.05, 0.1) is 11.3 Å². The lowest BCUT2D eigenvalue weighted by atomic mass is 10.1. The van der Waals surface area contributed by atoms with Crippen molar-refractivity contribution in [2.45, 2.75) is 11.9 Å². The molecule has 28 heavy (non-hydrogen) atoms. The largest absolute Gasteiger partial charge is 0.471 e. The van der Waals surface area contributed by atoms with Gasteiger partial charge in [-0.15, -0.1) is 11.8 Å². The van der Waals surface area contributed by atoms with Crippen LogP contribution in [0.2, 0.25) is 5.02 Å². The van der Waals surface area contributed by atoms with Gasteiger partial charge in [0.1, 0.15) is 5.82 Å². The van der Waals surface area contributed by atoms with Gasteiger partial charge in [0.2, 0.25) is 5.82 Å². The molecule has 0 saturated heterocycles. The third-order valence-corrected chi connectivity index (χ3v) is 4.87. The highest BCUT2D eigenvalue weighted by atomic mass is 35.5. The first kappa shape index (κ1) is 20.3. The molecule has 1 heterocycles. The van der Waals surface area contributed by atoms with E-state index >= 15 is 0 Å². The van der Waals surface area contributed by atoms with Crippen LogP contribution in [-0.4, -0.2) is 21.7 Å². The Kier molecular flexibility index (Phi) is 6.04. The summed E-state index contributed by atoms with van der Waals surface area (Å²) < 4.78 is 55.9. The molecule has 0 amide bonds. The number of hydrogen-bond donors (Lipinski definition) is 0. The van der Waals surface area contributed by atoms with E-state index in [-0.39, 0.29) is 16.9 Å².